The van der Waals surface area contributed by atoms with Gasteiger partial charge >= 0.3 is 0 Å². The van der Waals surface area contributed by atoms with Crippen molar-refractivity contribution in [2.24, 2.45) is 0 Å². The maximum absolute atomic E-state index is 13.5. The van der Waals surface area contributed by atoms with Crippen LogP contribution in [0.5, 0.6) is 0 Å². The molecule has 0 saturated carbocycles. The van der Waals surface area contributed by atoms with Crippen molar-refractivity contribution < 1.29 is 18.8 Å². The van der Waals surface area contributed by atoms with Crippen molar-refractivity contribution in [3.63, 3.8) is 0 Å². The molecule has 2 heterocycles. The third-order valence-corrected chi connectivity index (χ3v) is 4.34. The third kappa shape index (κ3) is 3.12. The van der Waals surface area contributed by atoms with Gasteiger partial charge < -0.3 is 14.5 Å². The fourth-order valence-corrected chi connectivity index (χ4v) is 3.13. The van der Waals surface area contributed by atoms with Gasteiger partial charge in [-0.2, -0.15) is 0 Å². The first kappa shape index (κ1) is 15.7. The molecule has 23 heavy (non-hydrogen) atoms. The summed E-state index contributed by atoms with van der Waals surface area (Å²) in [6, 6.07) is 5.87. The van der Waals surface area contributed by atoms with E-state index in [1.807, 2.05) is 0 Å². The Hall–Kier alpha value is -2.21. The minimum Gasteiger partial charge on any atom is -0.391 e. The summed E-state index contributed by atoms with van der Waals surface area (Å²) in [7, 11) is 0. The Morgan fingerprint density at radius 3 is 2.91 bits per heavy atom. The summed E-state index contributed by atoms with van der Waals surface area (Å²) in [5.41, 5.74) is 2.17. The molecule has 0 aliphatic carbocycles. The van der Waals surface area contributed by atoms with Crippen molar-refractivity contribution in [1.82, 2.24) is 10.1 Å². The third-order valence-electron chi connectivity index (χ3n) is 4.34. The monoisotopic (exact) mass is 318 g/mol. The molecule has 3 rings (SSSR count). The predicted molar refractivity (Wildman–Crippen MR) is 81.2 cm³/mol. The summed E-state index contributed by atoms with van der Waals surface area (Å²) >= 11 is 0. The fraction of sp³-hybridized carbons (Fsp3) is 0.412. The van der Waals surface area contributed by atoms with E-state index in [2.05, 4.69) is 5.16 Å². The number of amides is 1. The van der Waals surface area contributed by atoms with Crippen molar-refractivity contribution in [2.75, 3.05) is 6.54 Å². The van der Waals surface area contributed by atoms with Gasteiger partial charge in [-0.25, -0.2) is 4.39 Å². The number of β-amino-alcohol motifs (C(OH)–C–C–N with tert-alkyl or cyclic N) is 1. The van der Waals surface area contributed by atoms with Crippen LogP contribution < -0.4 is 0 Å². The molecule has 1 aromatic carbocycles. The average Bonchev–Trinajstić information content (AvgIpc) is 3.05. The molecule has 2 unspecified atom stereocenters. The number of nitrogens with zero attached hydrogens (tertiary/aromatic N) is 2. The number of aromatic nitrogens is 1. The van der Waals surface area contributed by atoms with Gasteiger partial charge in [0.05, 0.1) is 24.3 Å². The van der Waals surface area contributed by atoms with Gasteiger partial charge in [0.25, 0.3) is 0 Å². The molecule has 1 saturated heterocycles. The molecular formula is C17H19FN2O3. The molecule has 2 aromatic rings. The summed E-state index contributed by atoms with van der Waals surface area (Å²) in [4.78, 5) is 14.3. The topological polar surface area (TPSA) is 66.6 Å². The molecule has 1 aromatic heterocycles. The largest absolute Gasteiger partial charge is 0.391 e. The van der Waals surface area contributed by atoms with Crippen molar-refractivity contribution in [3.05, 3.63) is 52.7 Å². The Kier molecular flexibility index (Phi) is 4.17. The second-order valence-electron chi connectivity index (χ2n) is 5.99. The Balaban J connectivity index is 1.83. The van der Waals surface area contributed by atoms with Crippen LogP contribution in [0.3, 0.4) is 0 Å². The fourth-order valence-electron chi connectivity index (χ4n) is 3.13. The number of carbonyl (C=O) groups excluding carboxylic acids is 1. The number of aryl methyl sites for hydroxylation is 2. The molecule has 1 N–H and O–H groups in total. The highest BCUT2D eigenvalue weighted by Gasteiger charge is 2.35. The van der Waals surface area contributed by atoms with Gasteiger partial charge in [-0.3, -0.25) is 4.79 Å². The molecule has 1 aliphatic heterocycles. The molecular weight excluding hydrogens is 299 g/mol. The number of halogens is 1. The molecule has 1 amide bonds. The summed E-state index contributed by atoms with van der Waals surface area (Å²) in [5, 5.41) is 13.8. The van der Waals surface area contributed by atoms with Gasteiger partial charge in [-0.1, -0.05) is 17.3 Å². The van der Waals surface area contributed by atoms with Crippen LogP contribution in [0.15, 0.2) is 28.8 Å². The lowest BCUT2D eigenvalue weighted by Gasteiger charge is -2.25. The highest BCUT2D eigenvalue weighted by molar-refractivity contribution is 5.80. The van der Waals surface area contributed by atoms with Gasteiger partial charge in [-0.15, -0.1) is 0 Å². The van der Waals surface area contributed by atoms with Crippen molar-refractivity contribution in [2.45, 2.75) is 38.8 Å². The number of aliphatic hydroxyl groups excluding tert-OH is 1. The molecule has 122 valence electrons. The number of benzene rings is 1. The zero-order valence-electron chi connectivity index (χ0n) is 13.1. The second kappa shape index (κ2) is 6.12. The van der Waals surface area contributed by atoms with Crippen molar-refractivity contribution in [3.8, 4) is 0 Å². The van der Waals surface area contributed by atoms with Crippen LogP contribution in [0.2, 0.25) is 0 Å². The van der Waals surface area contributed by atoms with Gasteiger partial charge in [-0.05, 0) is 38.0 Å². The maximum Gasteiger partial charge on any atom is 0.227 e. The molecule has 2 atom stereocenters. The lowest BCUT2D eigenvalue weighted by molar-refractivity contribution is -0.131. The zero-order chi connectivity index (χ0) is 16.6. The molecule has 5 nitrogen and oxygen atoms in total. The van der Waals surface area contributed by atoms with E-state index in [9.17, 15) is 14.3 Å². The summed E-state index contributed by atoms with van der Waals surface area (Å²) in [5.74, 6) is 0.158. The van der Waals surface area contributed by atoms with Crippen molar-refractivity contribution in [1.29, 1.82) is 0 Å². The number of rotatable bonds is 3. The van der Waals surface area contributed by atoms with Gasteiger partial charge in [0, 0.05) is 12.1 Å². The first-order chi connectivity index (χ1) is 11.0. The minimum atomic E-state index is -0.600. The molecule has 0 spiro atoms. The Morgan fingerprint density at radius 2 is 2.26 bits per heavy atom. The SMILES string of the molecule is Cc1noc(C)c1CC(=O)N1CC(O)CC1c1cccc(F)c1. The van der Waals surface area contributed by atoms with Crippen LogP contribution in [0.4, 0.5) is 4.39 Å². The second-order valence-corrected chi connectivity index (χ2v) is 5.99. The minimum absolute atomic E-state index is 0.120. The van der Waals surface area contributed by atoms with Gasteiger partial charge in [0.15, 0.2) is 0 Å². The summed E-state index contributed by atoms with van der Waals surface area (Å²) < 4.78 is 18.6. The summed E-state index contributed by atoms with van der Waals surface area (Å²) in [6.45, 7) is 3.82. The standard InChI is InChI=1S/C17H19FN2O3/c1-10-15(11(2)23-19-10)8-17(22)20-9-14(21)7-16(20)12-4-3-5-13(18)6-12/h3-6,14,16,21H,7-9H2,1-2H3. The van der Waals surface area contributed by atoms with Crippen LogP contribution in [0.25, 0.3) is 0 Å². The zero-order valence-corrected chi connectivity index (χ0v) is 13.1. The molecule has 1 fully saturated rings. The highest BCUT2D eigenvalue weighted by Crippen LogP contribution is 2.33. The molecule has 1 aliphatic rings. The maximum atomic E-state index is 13.5. The van der Waals surface area contributed by atoms with Crippen LogP contribution >= 0.6 is 0 Å². The van der Waals surface area contributed by atoms with E-state index in [0.29, 0.717) is 23.4 Å². The van der Waals surface area contributed by atoms with E-state index in [-0.39, 0.29) is 30.7 Å². The van der Waals surface area contributed by atoms with Crippen LogP contribution in [0.1, 0.15) is 35.0 Å². The van der Waals surface area contributed by atoms with E-state index in [4.69, 9.17) is 4.52 Å². The average molecular weight is 318 g/mol. The normalized spacial score (nSPS) is 21.0. The lowest BCUT2D eigenvalue weighted by Crippen LogP contribution is -2.33. The summed E-state index contributed by atoms with van der Waals surface area (Å²) in [6.07, 6.45) is -0.0202. The lowest BCUT2D eigenvalue weighted by atomic mass is 10.0. The number of hydrogen-bond donors (Lipinski definition) is 1. The highest BCUT2D eigenvalue weighted by atomic mass is 19.1. The van der Waals surface area contributed by atoms with E-state index >= 15 is 0 Å². The van der Waals surface area contributed by atoms with Crippen LogP contribution in [0, 0.1) is 19.7 Å². The van der Waals surface area contributed by atoms with E-state index in [1.165, 1.54) is 12.1 Å². The van der Waals surface area contributed by atoms with Crippen LogP contribution in [-0.2, 0) is 11.2 Å². The molecule has 0 radical (unpaired) electrons. The first-order valence-corrected chi connectivity index (χ1v) is 7.60. The van der Waals surface area contributed by atoms with Crippen LogP contribution in [-0.4, -0.2) is 33.7 Å². The van der Waals surface area contributed by atoms with Crippen molar-refractivity contribution >= 4 is 5.91 Å². The Bertz CT molecular complexity index is 709. The number of aliphatic hydroxyl groups is 1. The quantitative estimate of drug-likeness (QED) is 0.943. The first-order valence-electron chi connectivity index (χ1n) is 7.60. The Morgan fingerprint density at radius 1 is 1.48 bits per heavy atom. The molecule has 6 heteroatoms. The van der Waals surface area contributed by atoms with E-state index < -0.39 is 6.10 Å². The number of carbonyl (C=O) groups is 1. The van der Waals surface area contributed by atoms with Gasteiger partial charge in [0.1, 0.15) is 11.6 Å². The van der Waals surface area contributed by atoms with E-state index in [0.717, 1.165) is 5.56 Å². The Labute approximate surface area is 133 Å². The van der Waals surface area contributed by atoms with E-state index in [1.54, 1.807) is 30.9 Å². The predicted octanol–water partition coefficient (Wildman–Crippen LogP) is 2.31. The molecule has 0 bridgehead atoms. The number of likely N-dealkylation sites (tertiary alicyclic amines) is 1. The number of hydrogen-bond acceptors (Lipinski definition) is 4. The smallest absolute Gasteiger partial charge is 0.227 e. The van der Waals surface area contributed by atoms with Gasteiger partial charge in [0.2, 0.25) is 5.91 Å².